The topological polar surface area (TPSA) is 208 Å². The summed E-state index contributed by atoms with van der Waals surface area (Å²) in [5, 5.41) is 20.9. The van der Waals surface area contributed by atoms with Crippen LogP contribution in [0.5, 0.6) is 11.5 Å². The maximum atomic E-state index is 14.6. The molecule has 0 bridgehead atoms. The van der Waals surface area contributed by atoms with E-state index in [1.807, 2.05) is 13.8 Å². The van der Waals surface area contributed by atoms with Crippen molar-refractivity contribution in [1.29, 1.82) is 0 Å². The molecule has 16 nitrogen and oxygen atoms in total. The quantitative estimate of drug-likeness (QED) is 0.135. The van der Waals surface area contributed by atoms with Crippen LogP contribution in [-0.2, 0) is 23.9 Å². The predicted octanol–water partition coefficient (Wildman–Crippen LogP) is 6.15. The summed E-state index contributed by atoms with van der Waals surface area (Å²) in [5.41, 5.74) is -0.971. The Morgan fingerprint density at radius 1 is 1.07 bits per heavy atom. The van der Waals surface area contributed by atoms with Crippen molar-refractivity contribution in [2.24, 2.45) is 17.3 Å². The fourth-order valence-electron chi connectivity index (χ4n) is 7.34. The molecule has 312 valence electrons. The van der Waals surface area contributed by atoms with Gasteiger partial charge in [-0.3, -0.25) is 14.9 Å². The van der Waals surface area contributed by atoms with Crippen molar-refractivity contribution in [2.75, 3.05) is 25.6 Å². The second-order valence-electron chi connectivity index (χ2n) is 16.6. The van der Waals surface area contributed by atoms with Crippen LogP contribution in [0.15, 0.2) is 42.3 Å². The molecule has 58 heavy (non-hydrogen) atoms. The molecule has 2 aliphatic carbocycles. The minimum atomic E-state index is -1.54. The van der Waals surface area contributed by atoms with E-state index in [4.69, 9.17) is 23.9 Å². The number of likely N-dealkylation sites (tertiary alicyclic amines) is 1. The van der Waals surface area contributed by atoms with Gasteiger partial charge in [0.25, 0.3) is 0 Å². The Balaban J connectivity index is 1.30. The number of hydrogen-bond donors (Lipinski definition) is 4. The summed E-state index contributed by atoms with van der Waals surface area (Å²) in [6.07, 6.45) is 2.73. The number of aromatic nitrogens is 2. The lowest BCUT2D eigenvalue weighted by atomic mass is 9.85. The molecule has 1 unspecified atom stereocenters. The Bertz CT molecular complexity index is 2060. The van der Waals surface area contributed by atoms with Gasteiger partial charge in [-0.25, -0.2) is 24.4 Å². The summed E-state index contributed by atoms with van der Waals surface area (Å²) in [6, 6.07) is 4.74. The van der Waals surface area contributed by atoms with E-state index in [2.05, 4.69) is 27.5 Å². The number of methoxy groups -OCH3 is 1. The molecule has 5 atom stereocenters. The average Bonchev–Trinajstić information content (AvgIpc) is 3.58. The molecule has 17 heteroatoms. The number of carboxylic acids is 1. The van der Waals surface area contributed by atoms with Crippen LogP contribution in [0.2, 0.25) is 0 Å². The van der Waals surface area contributed by atoms with Gasteiger partial charge in [-0.2, -0.15) is 0 Å². The summed E-state index contributed by atoms with van der Waals surface area (Å²) >= 11 is 1.19. The number of carbonyl (C=O) groups is 5. The first-order valence-electron chi connectivity index (χ1n) is 19.5. The SMILES string of the molecule is C=C[C@@H]1C[C@]1(NC(=O)[C@@H]1CC(Oc2cc(-c3csc(NC(=O)OCC(C)C)n3)nc3cc(OC)ccc23)CN1C(=O)[C@@H](NC(=O)OC1CCCC1)C(C)(C)C)C(=O)O. The third-order valence-electron chi connectivity index (χ3n) is 10.6. The molecular formula is C41H52N6O10S. The third-order valence-corrected chi connectivity index (χ3v) is 11.4. The highest BCUT2D eigenvalue weighted by atomic mass is 32.1. The number of aliphatic carboxylic acids is 1. The normalized spacial score (nSPS) is 22.3. The van der Waals surface area contributed by atoms with Crippen LogP contribution in [0.1, 0.15) is 73.1 Å². The summed E-state index contributed by atoms with van der Waals surface area (Å²) in [7, 11) is 1.54. The van der Waals surface area contributed by atoms with Gasteiger partial charge in [0.15, 0.2) is 5.13 Å². The van der Waals surface area contributed by atoms with E-state index in [-0.39, 0.29) is 38.0 Å². The number of benzene rings is 1. The molecule has 1 aromatic carbocycles. The van der Waals surface area contributed by atoms with E-state index in [1.54, 1.807) is 50.4 Å². The molecule has 4 amide bonds. The maximum absolute atomic E-state index is 14.6. The molecule has 0 radical (unpaired) electrons. The van der Waals surface area contributed by atoms with E-state index in [1.165, 1.54) is 29.4 Å². The van der Waals surface area contributed by atoms with Gasteiger partial charge in [0, 0.05) is 35.2 Å². The fraction of sp³-hybridized carbons (Fsp3) is 0.537. The number of ether oxygens (including phenoxy) is 4. The molecule has 3 aliphatic rings. The van der Waals surface area contributed by atoms with Gasteiger partial charge in [0.05, 0.1) is 31.5 Å². The average molecular weight is 821 g/mol. The summed E-state index contributed by atoms with van der Waals surface area (Å²) in [5.74, 6) is -1.79. The Hall–Kier alpha value is -5.45. The highest BCUT2D eigenvalue weighted by Gasteiger charge is 2.61. The zero-order valence-electron chi connectivity index (χ0n) is 33.7. The van der Waals surface area contributed by atoms with Gasteiger partial charge < -0.3 is 39.6 Å². The molecule has 4 N–H and O–H groups in total. The zero-order valence-corrected chi connectivity index (χ0v) is 34.5. The smallest absolute Gasteiger partial charge is 0.413 e. The second-order valence-corrected chi connectivity index (χ2v) is 17.5. The Morgan fingerprint density at radius 2 is 1.81 bits per heavy atom. The molecule has 3 aromatic rings. The van der Waals surface area contributed by atoms with E-state index < -0.39 is 65.0 Å². The molecular weight excluding hydrogens is 769 g/mol. The molecule has 2 aromatic heterocycles. The number of rotatable bonds is 14. The molecule has 2 saturated carbocycles. The first-order valence-corrected chi connectivity index (χ1v) is 20.4. The second kappa shape index (κ2) is 17.2. The number of amides is 4. The van der Waals surface area contributed by atoms with E-state index in [9.17, 15) is 29.1 Å². The van der Waals surface area contributed by atoms with Crippen LogP contribution in [-0.4, -0.2) is 100 Å². The predicted molar refractivity (Wildman–Crippen MR) is 216 cm³/mol. The van der Waals surface area contributed by atoms with Gasteiger partial charge in [-0.15, -0.1) is 17.9 Å². The molecule has 3 heterocycles. The summed E-state index contributed by atoms with van der Waals surface area (Å²) in [6.45, 7) is 13.2. The van der Waals surface area contributed by atoms with Crippen LogP contribution in [0, 0.1) is 17.3 Å². The van der Waals surface area contributed by atoms with Crippen molar-refractivity contribution >= 4 is 57.3 Å². The summed E-state index contributed by atoms with van der Waals surface area (Å²) in [4.78, 5) is 77.3. The Morgan fingerprint density at radius 3 is 2.45 bits per heavy atom. The number of pyridine rings is 1. The number of carbonyl (C=O) groups excluding carboxylic acids is 4. The van der Waals surface area contributed by atoms with E-state index in [0.717, 1.165) is 25.7 Å². The first kappa shape index (κ1) is 42.2. The zero-order chi connectivity index (χ0) is 41.9. The van der Waals surface area contributed by atoms with Gasteiger partial charge in [-0.1, -0.05) is 40.7 Å². The van der Waals surface area contributed by atoms with Crippen molar-refractivity contribution < 1.29 is 48.0 Å². The Kier molecular flexibility index (Phi) is 12.5. The number of thiazole rings is 1. The lowest BCUT2D eigenvalue weighted by Gasteiger charge is -2.35. The number of anilines is 1. The van der Waals surface area contributed by atoms with E-state index >= 15 is 0 Å². The third kappa shape index (κ3) is 9.46. The lowest BCUT2D eigenvalue weighted by molar-refractivity contribution is -0.146. The van der Waals surface area contributed by atoms with Gasteiger partial charge in [0.1, 0.15) is 47.0 Å². The van der Waals surface area contributed by atoms with Crippen LogP contribution in [0.3, 0.4) is 0 Å². The van der Waals surface area contributed by atoms with Gasteiger partial charge in [0.2, 0.25) is 11.8 Å². The molecule has 1 aliphatic heterocycles. The van der Waals surface area contributed by atoms with Crippen molar-refractivity contribution in [2.45, 2.75) is 103 Å². The Labute approximate surface area is 341 Å². The standard InChI is InChI=1S/C41H52N6O10S/c1-8-23-18-41(23,36(50)51)46-34(48)31-16-26(19-47(31)35(49)33(40(4,5)6)44-39(53)57-24-11-9-10-12-24)56-32-17-29(42-28-15-25(54-7)13-14-27(28)32)30-21-58-37(43-30)45-38(52)55-20-22(2)3/h8,13-15,17,21-24,26,31,33H,1,9-12,16,18-20H2,2-7H3,(H,44,53)(H,46,48)(H,50,51)(H,43,45,52)/t23-,26?,31+,33-,41-/m1/s1. The highest BCUT2D eigenvalue weighted by Crippen LogP contribution is 2.45. The van der Waals surface area contributed by atoms with Gasteiger partial charge in [-0.05, 0) is 55.6 Å². The number of carboxylic acid groups (broad SMARTS) is 1. The first-order chi connectivity index (χ1) is 27.5. The largest absolute Gasteiger partial charge is 0.497 e. The number of fused-ring (bicyclic) bond motifs is 1. The van der Waals surface area contributed by atoms with E-state index in [0.29, 0.717) is 38.9 Å². The van der Waals surface area contributed by atoms with Crippen molar-refractivity contribution in [3.63, 3.8) is 0 Å². The number of nitrogens with one attached hydrogen (secondary N) is 3. The van der Waals surface area contributed by atoms with Crippen LogP contribution < -0.4 is 25.4 Å². The number of hydrogen-bond acceptors (Lipinski definition) is 12. The molecule has 0 spiro atoms. The lowest BCUT2D eigenvalue weighted by Crippen LogP contribution is -2.59. The fourth-order valence-corrected chi connectivity index (χ4v) is 8.03. The minimum absolute atomic E-state index is 0.00791. The molecule has 1 saturated heterocycles. The molecule has 6 rings (SSSR count). The van der Waals surface area contributed by atoms with Crippen molar-refractivity contribution in [3.8, 4) is 22.9 Å². The van der Waals surface area contributed by atoms with Crippen molar-refractivity contribution in [1.82, 2.24) is 25.5 Å². The maximum Gasteiger partial charge on any atom is 0.413 e. The van der Waals surface area contributed by atoms with Crippen LogP contribution in [0.4, 0.5) is 14.7 Å². The monoisotopic (exact) mass is 820 g/mol. The number of nitrogens with zero attached hydrogens (tertiary/aromatic N) is 3. The van der Waals surface area contributed by atoms with Crippen molar-refractivity contribution in [3.05, 3.63) is 42.3 Å². The van der Waals surface area contributed by atoms with Crippen LogP contribution in [0.25, 0.3) is 22.3 Å². The minimum Gasteiger partial charge on any atom is -0.497 e. The number of alkyl carbamates (subject to hydrolysis) is 1. The van der Waals surface area contributed by atoms with Gasteiger partial charge >= 0.3 is 18.2 Å². The summed E-state index contributed by atoms with van der Waals surface area (Å²) < 4.78 is 23.0. The molecule has 3 fully saturated rings. The van der Waals surface area contributed by atoms with Crippen LogP contribution >= 0.6 is 11.3 Å². The highest BCUT2D eigenvalue weighted by molar-refractivity contribution is 7.14.